The Morgan fingerprint density at radius 1 is 1.56 bits per heavy atom. The van der Waals surface area contributed by atoms with Crippen LogP contribution in [-0.2, 0) is 23.7 Å². The number of allylic oxidation sites excluding steroid dienone is 1. The summed E-state index contributed by atoms with van der Waals surface area (Å²) in [6.45, 7) is 3.85. The van der Waals surface area contributed by atoms with Crippen molar-refractivity contribution in [1.82, 2.24) is 0 Å². The van der Waals surface area contributed by atoms with Crippen LogP contribution >= 0.6 is 0 Å². The Morgan fingerprint density at radius 2 is 2.38 bits per heavy atom. The first-order chi connectivity index (χ1) is 7.65. The van der Waals surface area contributed by atoms with Gasteiger partial charge in [-0.25, -0.2) is 0 Å². The minimum atomic E-state index is -1.05. The molecule has 16 heavy (non-hydrogen) atoms. The predicted octanol–water partition coefficient (Wildman–Crippen LogP) is 1.46. The first-order valence-corrected chi connectivity index (χ1v) is 5.17. The van der Waals surface area contributed by atoms with E-state index < -0.39 is 5.79 Å². The Morgan fingerprint density at radius 3 is 3.06 bits per heavy atom. The smallest absolute Gasteiger partial charge is 0.305 e. The summed E-state index contributed by atoms with van der Waals surface area (Å²) in [5.74, 6) is -0.0895. The molecule has 0 N–H and O–H groups in total. The minimum absolute atomic E-state index is 0.206. The highest BCUT2D eigenvalue weighted by Gasteiger charge is 2.39. The summed E-state index contributed by atoms with van der Waals surface area (Å²) in [4.78, 5) is 11.1. The van der Waals surface area contributed by atoms with Gasteiger partial charge in [-0.1, -0.05) is 0 Å². The maximum Gasteiger partial charge on any atom is 0.305 e. The van der Waals surface area contributed by atoms with E-state index in [9.17, 15) is 4.79 Å². The number of hydrogen-bond donors (Lipinski definition) is 0. The summed E-state index contributed by atoms with van der Waals surface area (Å²) in [6.07, 6.45) is 3.75. The third kappa shape index (κ3) is 2.04. The number of carbonyl (C=O) groups excluding carboxylic acids is 1. The van der Waals surface area contributed by atoms with Gasteiger partial charge in [-0.3, -0.25) is 4.79 Å². The molecule has 1 aliphatic carbocycles. The van der Waals surface area contributed by atoms with Gasteiger partial charge in [0, 0.05) is 13.5 Å². The third-order valence-corrected chi connectivity index (χ3v) is 2.32. The fourth-order valence-electron chi connectivity index (χ4n) is 1.77. The van der Waals surface area contributed by atoms with Crippen LogP contribution in [0.1, 0.15) is 20.3 Å². The summed E-state index contributed by atoms with van der Waals surface area (Å²) in [5.41, 5.74) is 0. The van der Waals surface area contributed by atoms with Crippen LogP contribution in [0.5, 0.6) is 0 Å². The molecule has 0 spiro atoms. The molecule has 0 saturated carbocycles. The molecule has 0 amide bonds. The molecule has 5 nitrogen and oxygen atoms in total. The van der Waals surface area contributed by atoms with E-state index in [0.717, 1.165) is 0 Å². The van der Waals surface area contributed by atoms with Crippen LogP contribution in [0.3, 0.4) is 0 Å². The zero-order chi connectivity index (χ0) is 11.6. The lowest BCUT2D eigenvalue weighted by Crippen LogP contribution is -2.37. The monoisotopic (exact) mass is 226 g/mol. The Labute approximate surface area is 93.6 Å². The standard InChI is InChI=1S/C11H14O5/c1-3-15-11(16-8(2)12)5-4-9-10(6-11)14-7-13-9/h4-5H,3,6-7H2,1-2H3. The molecule has 88 valence electrons. The SMILES string of the molecule is CCOC1(OC(C)=O)C=CC2=C(C1)OCO2. The van der Waals surface area contributed by atoms with Crippen LogP contribution in [0.2, 0.25) is 0 Å². The quantitative estimate of drug-likeness (QED) is 0.538. The van der Waals surface area contributed by atoms with Crippen LogP contribution in [0, 0.1) is 0 Å². The highest BCUT2D eigenvalue weighted by atomic mass is 16.7. The molecule has 0 fully saturated rings. The van der Waals surface area contributed by atoms with Crippen LogP contribution < -0.4 is 0 Å². The Balaban J connectivity index is 2.17. The molecule has 1 atom stereocenters. The maximum absolute atomic E-state index is 11.1. The molecule has 1 aliphatic heterocycles. The topological polar surface area (TPSA) is 54.0 Å². The van der Waals surface area contributed by atoms with Crippen molar-refractivity contribution in [2.45, 2.75) is 26.1 Å². The second-order valence-electron chi connectivity index (χ2n) is 3.54. The second kappa shape index (κ2) is 4.17. The van der Waals surface area contributed by atoms with Crippen LogP contribution in [0.25, 0.3) is 0 Å². The molecule has 0 bridgehead atoms. The average molecular weight is 226 g/mol. The molecular formula is C11H14O5. The first-order valence-electron chi connectivity index (χ1n) is 5.17. The number of hydrogen-bond acceptors (Lipinski definition) is 5. The number of rotatable bonds is 3. The summed E-state index contributed by atoms with van der Waals surface area (Å²) >= 11 is 0. The van der Waals surface area contributed by atoms with E-state index in [-0.39, 0.29) is 12.8 Å². The highest BCUT2D eigenvalue weighted by Crippen LogP contribution is 2.35. The average Bonchev–Trinajstić information content (AvgIpc) is 2.63. The van der Waals surface area contributed by atoms with Crippen LogP contribution in [-0.4, -0.2) is 25.2 Å². The zero-order valence-electron chi connectivity index (χ0n) is 9.32. The summed E-state index contributed by atoms with van der Waals surface area (Å²) in [5, 5.41) is 0. The fraction of sp³-hybridized carbons (Fsp3) is 0.545. The maximum atomic E-state index is 11.1. The van der Waals surface area contributed by atoms with E-state index in [0.29, 0.717) is 24.5 Å². The lowest BCUT2D eigenvalue weighted by molar-refractivity contribution is -0.208. The van der Waals surface area contributed by atoms with E-state index in [1.807, 2.05) is 6.92 Å². The molecule has 1 heterocycles. The van der Waals surface area contributed by atoms with E-state index in [1.165, 1.54) is 6.92 Å². The van der Waals surface area contributed by atoms with E-state index >= 15 is 0 Å². The van der Waals surface area contributed by atoms with Gasteiger partial charge in [0.1, 0.15) is 5.76 Å². The van der Waals surface area contributed by atoms with E-state index in [4.69, 9.17) is 18.9 Å². The number of esters is 1. The van der Waals surface area contributed by atoms with Crippen molar-refractivity contribution in [3.8, 4) is 0 Å². The van der Waals surface area contributed by atoms with Crippen molar-refractivity contribution < 1.29 is 23.7 Å². The summed E-state index contributed by atoms with van der Waals surface area (Å²) < 4.78 is 21.2. The predicted molar refractivity (Wildman–Crippen MR) is 53.9 cm³/mol. The molecule has 0 aromatic rings. The van der Waals surface area contributed by atoms with Crippen molar-refractivity contribution in [2.24, 2.45) is 0 Å². The Bertz CT molecular complexity index is 357. The van der Waals surface area contributed by atoms with E-state index in [2.05, 4.69) is 0 Å². The van der Waals surface area contributed by atoms with Crippen molar-refractivity contribution in [3.05, 3.63) is 23.7 Å². The van der Waals surface area contributed by atoms with Crippen LogP contribution in [0.4, 0.5) is 0 Å². The minimum Gasteiger partial charge on any atom is -0.458 e. The van der Waals surface area contributed by atoms with Gasteiger partial charge in [0.05, 0.1) is 6.42 Å². The van der Waals surface area contributed by atoms with Crippen molar-refractivity contribution in [1.29, 1.82) is 0 Å². The van der Waals surface area contributed by atoms with Gasteiger partial charge in [0.25, 0.3) is 0 Å². The zero-order valence-corrected chi connectivity index (χ0v) is 9.32. The lowest BCUT2D eigenvalue weighted by Gasteiger charge is -2.31. The van der Waals surface area contributed by atoms with Crippen molar-refractivity contribution in [3.63, 3.8) is 0 Å². The normalized spacial score (nSPS) is 27.1. The van der Waals surface area contributed by atoms with E-state index in [1.54, 1.807) is 12.2 Å². The van der Waals surface area contributed by atoms with Crippen LogP contribution in [0.15, 0.2) is 23.7 Å². The van der Waals surface area contributed by atoms with Gasteiger partial charge < -0.3 is 18.9 Å². The molecule has 2 rings (SSSR count). The molecule has 5 heteroatoms. The first kappa shape index (κ1) is 11.0. The molecule has 0 aromatic heterocycles. The summed E-state index contributed by atoms with van der Waals surface area (Å²) in [6, 6.07) is 0. The van der Waals surface area contributed by atoms with Crippen molar-refractivity contribution >= 4 is 5.97 Å². The Kier molecular flexibility index (Phi) is 2.87. The third-order valence-electron chi connectivity index (χ3n) is 2.32. The molecule has 0 saturated heterocycles. The fourth-order valence-corrected chi connectivity index (χ4v) is 1.77. The van der Waals surface area contributed by atoms with Gasteiger partial charge in [-0.2, -0.15) is 0 Å². The second-order valence-corrected chi connectivity index (χ2v) is 3.54. The van der Waals surface area contributed by atoms with Gasteiger partial charge in [-0.15, -0.1) is 0 Å². The molecular weight excluding hydrogens is 212 g/mol. The van der Waals surface area contributed by atoms with Gasteiger partial charge >= 0.3 is 5.97 Å². The van der Waals surface area contributed by atoms with Gasteiger partial charge in [-0.05, 0) is 19.1 Å². The highest BCUT2D eigenvalue weighted by molar-refractivity contribution is 5.66. The molecule has 0 aromatic carbocycles. The lowest BCUT2D eigenvalue weighted by atomic mass is 10.0. The number of ether oxygens (including phenoxy) is 4. The molecule has 2 aliphatic rings. The Hall–Kier alpha value is -1.49. The number of carbonyl (C=O) groups is 1. The molecule has 0 radical (unpaired) electrons. The summed E-state index contributed by atoms with van der Waals surface area (Å²) in [7, 11) is 0. The van der Waals surface area contributed by atoms with Crippen molar-refractivity contribution in [2.75, 3.05) is 13.4 Å². The van der Waals surface area contributed by atoms with Gasteiger partial charge in [0.2, 0.25) is 12.6 Å². The molecule has 1 unspecified atom stereocenters. The largest absolute Gasteiger partial charge is 0.458 e. The van der Waals surface area contributed by atoms with Gasteiger partial charge in [0.15, 0.2) is 5.76 Å².